The van der Waals surface area contributed by atoms with Crippen LogP contribution in [0.5, 0.6) is 0 Å². The number of hydrogen-bond acceptors (Lipinski definition) is 4. The van der Waals surface area contributed by atoms with Gasteiger partial charge in [0.15, 0.2) is 5.82 Å². The van der Waals surface area contributed by atoms with Gasteiger partial charge in [-0.3, -0.25) is 4.98 Å². The van der Waals surface area contributed by atoms with Crippen LogP contribution in [0.2, 0.25) is 0 Å². The molecule has 1 aromatic carbocycles. The van der Waals surface area contributed by atoms with E-state index in [9.17, 15) is 9.90 Å². The first-order valence-corrected chi connectivity index (χ1v) is 10.0. The summed E-state index contributed by atoms with van der Waals surface area (Å²) in [6.07, 6.45) is 6.11. The molecule has 0 aliphatic heterocycles. The van der Waals surface area contributed by atoms with Crippen LogP contribution in [0, 0.1) is 0 Å². The van der Waals surface area contributed by atoms with Gasteiger partial charge in [-0.1, -0.05) is 58.4 Å². The maximum atomic E-state index is 11.5. The van der Waals surface area contributed by atoms with Crippen LogP contribution in [0.4, 0.5) is 0 Å². The molecule has 3 rings (SSSR count). The Morgan fingerprint density at radius 1 is 1.14 bits per heavy atom. The van der Waals surface area contributed by atoms with Crippen molar-refractivity contribution in [2.75, 3.05) is 0 Å². The number of nitrogens with zero attached hydrogens (tertiary/aromatic N) is 4. The highest BCUT2D eigenvalue weighted by Gasteiger charge is 2.21. The molecule has 0 bridgehead atoms. The van der Waals surface area contributed by atoms with Crippen molar-refractivity contribution in [1.29, 1.82) is 0 Å². The van der Waals surface area contributed by atoms with Gasteiger partial charge in [0, 0.05) is 24.2 Å². The molecule has 6 heteroatoms. The number of hydrogen-bond donors (Lipinski definition) is 1. The van der Waals surface area contributed by atoms with Crippen LogP contribution in [0.1, 0.15) is 68.1 Å². The van der Waals surface area contributed by atoms with Gasteiger partial charge in [0.05, 0.1) is 12.1 Å². The summed E-state index contributed by atoms with van der Waals surface area (Å²) >= 11 is 0. The fourth-order valence-corrected chi connectivity index (χ4v) is 3.12. The van der Waals surface area contributed by atoms with Crippen LogP contribution in [-0.4, -0.2) is 30.8 Å². The lowest BCUT2D eigenvalue weighted by Gasteiger charge is -2.12. The molecule has 0 aliphatic carbocycles. The third-order valence-electron chi connectivity index (χ3n) is 4.82. The summed E-state index contributed by atoms with van der Waals surface area (Å²) in [4.78, 5) is 20.2. The van der Waals surface area contributed by atoms with E-state index < -0.39 is 5.97 Å². The zero-order chi connectivity index (χ0) is 21.0. The van der Waals surface area contributed by atoms with Gasteiger partial charge < -0.3 is 5.11 Å². The Hall–Kier alpha value is -3.02. The van der Waals surface area contributed by atoms with Crippen molar-refractivity contribution in [2.24, 2.45) is 0 Å². The topological polar surface area (TPSA) is 80.9 Å². The van der Waals surface area contributed by atoms with E-state index in [2.05, 4.69) is 32.7 Å². The summed E-state index contributed by atoms with van der Waals surface area (Å²) in [5.74, 6) is 0.904. The van der Waals surface area contributed by atoms with E-state index in [4.69, 9.17) is 10.1 Å². The third kappa shape index (κ3) is 4.88. The molecular weight excluding hydrogens is 364 g/mol. The van der Waals surface area contributed by atoms with E-state index in [1.165, 1.54) is 6.20 Å². The Bertz CT molecular complexity index is 985. The number of benzene rings is 1. The Kier molecular flexibility index (Phi) is 6.11. The fourth-order valence-electron chi connectivity index (χ4n) is 3.12. The number of pyridine rings is 1. The van der Waals surface area contributed by atoms with Crippen LogP contribution in [0.3, 0.4) is 0 Å². The largest absolute Gasteiger partial charge is 0.478 e. The fraction of sp³-hybridized carbons (Fsp3) is 0.391. The molecule has 1 N–H and O–H groups in total. The minimum absolute atomic E-state index is 0.0926. The highest BCUT2D eigenvalue weighted by atomic mass is 16.4. The summed E-state index contributed by atoms with van der Waals surface area (Å²) in [5.41, 5.74) is 2.73. The summed E-state index contributed by atoms with van der Waals surface area (Å²) in [6.45, 7) is 9.19. The number of carboxylic acids is 1. The van der Waals surface area contributed by atoms with Crippen molar-refractivity contribution < 1.29 is 9.90 Å². The van der Waals surface area contributed by atoms with Gasteiger partial charge in [-0.15, -0.1) is 0 Å². The van der Waals surface area contributed by atoms with Gasteiger partial charge in [-0.2, -0.15) is 5.10 Å². The van der Waals surface area contributed by atoms with Gasteiger partial charge in [-0.05, 0) is 29.2 Å². The van der Waals surface area contributed by atoms with Gasteiger partial charge >= 0.3 is 5.97 Å². The summed E-state index contributed by atoms with van der Waals surface area (Å²) < 4.78 is 2.00. The molecule has 0 saturated heterocycles. The molecule has 0 aliphatic rings. The maximum absolute atomic E-state index is 11.5. The number of aromatic nitrogens is 4. The number of aromatic carboxylic acids is 1. The molecule has 0 spiro atoms. The highest BCUT2D eigenvalue weighted by Crippen LogP contribution is 2.24. The molecule has 0 unspecified atom stereocenters. The van der Waals surface area contributed by atoms with Crippen LogP contribution >= 0.6 is 0 Å². The van der Waals surface area contributed by atoms with E-state index in [1.807, 2.05) is 28.9 Å². The standard InChI is InChI=1S/C23H28N4O2/c1-5-6-7-20-25-22(23(2,3)4)26-27(20)15-16-8-10-17(11-9-16)18-12-13-24-14-19(18)21(28)29/h8-14H,5-7,15H2,1-4H3,(H,28,29). The van der Waals surface area contributed by atoms with E-state index in [-0.39, 0.29) is 11.0 Å². The Balaban J connectivity index is 1.87. The van der Waals surface area contributed by atoms with E-state index in [0.717, 1.165) is 42.0 Å². The van der Waals surface area contributed by atoms with E-state index in [1.54, 1.807) is 12.3 Å². The van der Waals surface area contributed by atoms with Gasteiger partial charge in [-0.25, -0.2) is 14.5 Å². The minimum atomic E-state index is -0.977. The molecular formula is C23H28N4O2. The van der Waals surface area contributed by atoms with Crippen molar-refractivity contribution in [2.45, 2.75) is 58.9 Å². The number of carbonyl (C=O) groups is 1. The molecule has 0 saturated carbocycles. The molecule has 2 aromatic heterocycles. The predicted molar refractivity (Wildman–Crippen MR) is 113 cm³/mol. The van der Waals surface area contributed by atoms with Crippen LogP contribution in [-0.2, 0) is 18.4 Å². The average molecular weight is 393 g/mol. The van der Waals surface area contributed by atoms with Crippen LogP contribution in [0.15, 0.2) is 42.7 Å². The number of aryl methyl sites for hydroxylation is 1. The second-order valence-electron chi connectivity index (χ2n) is 8.29. The molecule has 2 heterocycles. The van der Waals surface area contributed by atoms with Gasteiger partial charge in [0.25, 0.3) is 0 Å². The van der Waals surface area contributed by atoms with Crippen molar-refractivity contribution in [1.82, 2.24) is 19.7 Å². The average Bonchev–Trinajstić information content (AvgIpc) is 3.10. The number of unbranched alkanes of at least 4 members (excludes halogenated alkanes) is 1. The first-order valence-electron chi connectivity index (χ1n) is 10.0. The molecule has 0 fully saturated rings. The molecule has 29 heavy (non-hydrogen) atoms. The first kappa shape index (κ1) is 20.7. The second kappa shape index (κ2) is 8.55. The first-order chi connectivity index (χ1) is 13.8. The summed E-state index contributed by atoms with van der Waals surface area (Å²) in [5, 5.41) is 14.2. The smallest absolute Gasteiger partial charge is 0.337 e. The monoisotopic (exact) mass is 392 g/mol. The lowest BCUT2D eigenvalue weighted by atomic mass is 9.96. The lowest BCUT2D eigenvalue weighted by molar-refractivity contribution is 0.0697. The Labute approximate surface area is 171 Å². The molecule has 3 aromatic rings. The van der Waals surface area contributed by atoms with Crippen molar-refractivity contribution in [3.8, 4) is 11.1 Å². The Morgan fingerprint density at radius 3 is 2.48 bits per heavy atom. The lowest BCUT2D eigenvalue weighted by Crippen LogP contribution is -2.14. The number of rotatable bonds is 7. The predicted octanol–water partition coefficient (Wildman–Crippen LogP) is 4.73. The Morgan fingerprint density at radius 2 is 1.86 bits per heavy atom. The minimum Gasteiger partial charge on any atom is -0.478 e. The van der Waals surface area contributed by atoms with E-state index >= 15 is 0 Å². The van der Waals surface area contributed by atoms with Gasteiger partial charge in [0.2, 0.25) is 0 Å². The van der Waals surface area contributed by atoms with Gasteiger partial charge in [0.1, 0.15) is 5.82 Å². The quantitative estimate of drug-likeness (QED) is 0.629. The molecule has 0 radical (unpaired) electrons. The van der Waals surface area contributed by atoms with Crippen LogP contribution in [0.25, 0.3) is 11.1 Å². The zero-order valence-corrected chi connectivity index (χ0v) is 17.5. The van der Waals surface area contributed by atoms with Crippen molar-refractivity contribution >= 4 is 5.97 Å². The third-order valence-corrected chi connectivity index (χ3v) is 4.82. The van der Waals surface area contributed by atoms with Crippen molar-refractivity contribution in [3.63, 3.8) is 0 Å². The second-order valence-corrected chi connectivity index (χ2v) is 8.29. The number of carboxylic acid groups (broad SMARTS) is 1. The maximum Gasteiger partial charge on any atom is 0.337 e. The zero-order valence-electron chi connectivity index (χ0n) is 17.5. The SMILES string of the molecule is CCCCc1nc(C(C)(C)C)nn1Cc1ccc(-c2ccncc2C(=O)O)cc1. The van der Waals surface area contributed by atoms with Crippen LogP contribution < -0.4 is 0 Å². The summed E-state index contributed by atoms with van der Waals surface area (Å²) in [7, 11) is 0. The molecule has 0 atom stereocenters. The normalized spacial score (nSPS) is 11.6. The highest BCUT2D eigenvalue weighted by molar-refractivity contribution is 5.95. The molecule has 152 valence electrons. The molecule has 6 nitrogen and oxygen atoms in total. The summed E-state index contributed by atoms with van der Waals surface area (Å²) in [6, 6.07) is 9.66. The van der Waals surface area contributed by atoms with Crippen molar-refractivity contribution in [3.05, 3.63) is 65.5 Å². The van der Waals surface area contributed by atoms with E-state index in [0.29, 0.717) is 12.1 Å². The molecule has 0 amide bonds.